The third kappa shape index (κ3) is 3.15. The number of halogens is 1. The molecule has 0 fully saturated rings. The monoisotopic (exact) mass is 182 g/mol. The standard InChI is InChI=1S/C11H15FO/c1-8(12)6-10-4-3-5-11(7-10)9(2)13/h3-5,7-9,13H,6H2,1-2H3. The molecule has 0 radical (unpaired) electrons. The highest BCUT2D eigenvalue weighted by Crippen LogP contribution is 2.15. The van der Waals surface area contributed by atoms with E-state index in [1.807, 2.05) is 24.3 Å². The van der Waals surface area contributed by atoms with Gasteiger partial charge in [0, 0.05) is 6.42 Å². The number of hydrogen-bond donors (Lipinski definition) is 1. The topological polar surface area (TPSA) is 20.2 Å². The van der Waals surface area contributed by atoms with Crippen LogP contribution in [0.2, 0.25) is 0 Å². The summed E-state index contributed by atoms with van der Waals surface area (Å²) in [6.45, 7) is 3.24. The molecule has 1 aromatic carbocycles. The lowest BCUT2D eigenvalue weighted by Crippen LogP contribution is -2.00. The molecule has 2 heteroatoms. The maximum Gasteiger partial charge on any atom is 0.101 e. The van der Waals surface area contributed by atoms with Crippen LogP contribution in [0, 0.1) is 0 Å². The Morgan fingerprint density at radius 3 is 2.62 bits per heavy atom. The molecule has 0 aromatic heterocycles. The summed E-state index contributed by atoms with van der Waals surface area (Å²) in [5, 5.41) is 9.29. The van der Waals surface area contributed by atoms with E-state index < -0.39 is 12.3 Å². The fraction of sp³-hybridized carbons (Fsp3) is 0.455. The highest BCUT2D eigenvalue weighted by molar-refractivity contribution is 5.25. The van der Waals surface area contributed by atoms with Gasteiger partial charge in [-0.2, -0.15) is 0 Å². The van der Waals surface area contributed by atoms with Crippen molar-refractivity contribution < 1.29 is 9.50 Å². The SMILES string of the molecule is CC(F)Cc1cccc(C(C)O)c1. The lowest BCUT2D eigenvalue weighted by atomic mass is 10.0. The van der Waals surface area contributed by atoms with Gasteiger partial charge in [0.2, 0.25) is 0 Å². The lowest BCUT2D eigenvalue weighted by Gasteiger charge is -2.07. The molecule has 0 saturated carbocycles. The van der Waals surface area contributed by atoms with Gasteiger partial charge in [-0.05, 0) is 25.0 Å². The van der Waals surface area contributed by atoms with Crippen molar-refractivity contribution in [1.82, 2.24) is 0 Å². The average Bonchev–Trinajstić information content (AvgIpc) is 2.03. The van der Waals surface area contributed by atoms with Crippen LogP contribution in [0.3, 0.4) is 0 Å². The number of alkyl halides is 1. The zero-order valence-corrected chi connectivity index (χ0v) is 8.00. The van der Waals surface area contributed by atoms with Gasteiger partial charge in [-0.25, -0.2) is 4.39 Å². The van der Waals surface area contributed by atoms with Gasteiger partial charge >= 0.3 is 0 Å². The summed E-state index contributed by atoms with van der Waals surface area (Å²) >= 11 is 0. The molecule has 0 aliphatic rings. The largest absolute Gasteiger partial charge is 0.389 e. The number of aliphatic hydroxyl groups is 1. The van der Waals surface area contributed by atoms with Crippen LogP contribution < -0.4 is 0 Å². The Morgan fingerprint density at radius 1 is 1.38 bits per heavy atom. The van der Waals surface area contributed by atoms with Gasteiger partial charge in [0.05, 0.1) is 6.10 Å². The van der Waals surface area contributed by atoms with Crippen LogP contribution in [0.25, 0.3) is 0 Å². The van der Waals surface area contributed by atoms with E-state index in [9.17, 15) is 9.50 Å². The summed E-state index contributed by atoms with van der Waals surface area (Å²) in [5.41, 5.74) is 1.78. The van der Waals surface area contributed by atoms with Crippen molar-refractivity contribution in [2.24, 2.45) is 0 Å². The first-order valence-corrected chi connectivity index (χ1v) is 4.50. The summed E-state index contributed by atoms with van der Waals surface area (Å²) < 4.78 is 12.7. The van der Waals surface area contributed by atoms with Gasteiger partial charge in [0.25, 0.3) is 0 Å². The molecule has 2 atom stereocenters. The molecule has 1 nitrogen and oxygen atoms in total. The third-order valence-corrected chi connectivity index (χ3v) is 1.95. The molecule has 0 aliphatic carbocycles. The van der Waals surface area contributed by atoms with Gasteiger partial charge < -0.3 is 5.11 Å². The van der Waals surface area contributed by atoms with E-state index in [4.69, 9.17) is 0 Å². The lowest BCUT2D eigenvalue weighted by molar-refractivity contribution is 0.199. The normalized spacial score (nSPS) is 15.4. The Labute approximate surface area is 78.2 Å². The second-order valence-electron chi connectivity index (χ2n) is 3.41. The zero-order chi connectivity index (χ0) is 9.84. The molecule has 0 heterocycles. The number of rotatable bonds is 3. The molecule has 1 N–H and O–H groups in total. The molecule has 2 unspecified atom stereocenters. The Morgan fingerprint density at radius 2 is 2.08 bits per heavy atom. The van der Waals surface area contributed by atoms with E-state index in [0.29, 0.717) is 6.42 Å². The van der Waals surface area contributed by atoms with E-state index in [2.05, 4.69) is 0 Å². The Bertz CT molecular complexity index is 269. The van der Waals surface area contributed by atoms with Gasteiger partial charge in [0.1, 0.15) is 6.17 Å². The van der Waals surface area contributed by atoms with Crippen molar-refractivity contribution in [3.05, 3.63) is 35.4 Å². The van der Waals surface area contributed by atoms with Crippen molar-refractivity contribution in [3.8, 4) is 0 Å². The number of aliphatic hydroxyl groups excluding tert-OH is 1. The minimum absolute atomic E-state index is 0.417. The quantitative estimate of drug-likeness (QED) is 0.761. The zero-order valence-electron chi connectivity index (χ0n) is 8.00. The van der Waals surface area contributed by atoms with Gasteiger partial charge in [-0.3, -0.25) is 0 Å². The van der Waals surface area contributed by atoms with Crippen LogP contribution in [-0.4, -0.2) is 11.3 Å². The van der Waals surface area contributed by atoms with Crippen LogP contribution in [0.4, 0.5) is 4.39 Å². The highest BCUT2D eigenvalue weighted by Gasteiger charge is 2.04. The molecular formula is C11H15FO. The van der Waals surface area contributed by atoms with Gasteiger partial charge in [-0.15, -0.1) is 0 Å². The first-order valence-electron chi connectivity index (χ1n) is 4.50. The molecule has 0 spiro atoms. The maximum absolute atomic E-state index is 12.7. The highest BCUT2D eigenvalue weighted by atomic mass is 19.1. The first-order chi connectivity index (χ1) is 6.09. The third-order valence-electron chi connectivity index (χ3n) is 1.95. The molecule has 1 aromatic rings. The molecule has 0 amide bonds. The fourth-order valence-electron chi connectivity index (χ4n) is 1.30. The fourth-order valence-corrected chi connectivity index (χ4v) is 1.30. The Balaban J connectivity index is 2.79. The minimum atomic E-state index is -0.829. The molecule has 72 valence electrons. The van der Waals surface area contributed by atoms with Crippen molar-refractivity contribution in [1.29, 1.82) is 0 Å². The van der Waals surface area contributed by atoms with Crippen molar-refractivity contribution in [2.75, 3.05) is 0 Å². The smallest absolute Gasteiger partial charge is 0.101 e. The predicted molar refractivity (Wildman–Crippen MR) is 51.3 cm³/mol. The Hall–Kier alpha value is -0.890. The van der Waals surface area contributed by atoms with Crippen LogP contribution in [0.5, 0.6) is 0 Å². The van der Waals surface area contributed by atoms with Crippen molar-refractivity contribution >= 4 is 0 Å². The van der Waals surface area contributed by atoms with Gasteiger partial charge in [-0.1, -0.05) is 24.3 Å². The molecule has 0 saturated heterocycles. The van der Waals surface area contributed by atoms with Gasteiger partial charge in [0.15, 0.2) is 0 Å². The number of hydrogen-bond acceptors (Lipinski definition) is 1. The van der Waals surface area contributed by atoms with Crippen LogP contribution in [0.15, 0.2) is 24.3 Å². The summed E-state index contributed by atoms with van der Waals surface area (Å²) in [6, 6.07) is 7.42. The summed E-state index contributed by atoms with van der Waals surface area (Å²) in [5.74, 6) is 0. The van der Waals surface area contributed by atoms with E-state index >= 15 is 0 Å². The predicted octanol–water partition coefficient (Wildman–Crippen LogP) is 2.64. The van der Waals surface area contributed by atoms with Crippen molar-refractivity contribution in [2.45, 2.75) is 32.5 Å². The Kier molecular flexibility index (Phi) is 3.43. The first kappa shape index (κ1) is 10.2. The maximum atomic E-state index is 12.7. The number of benzene rings is 1. The van der Waals surface area contributed by atoms with Crippen LogP contribution in [0.1, 0.15) is 31.1 Å². The van der Waals surface area contributed by atoms with E-state index in [-0.39, 0.29) is 0 Å². The average molecular weight is 182 g/mol. The van der Waals surface area contributed by atoms with E-state index in [0.717, 1.165) is 11.1 Å². The molecular weight excluding hydrogens is 167 g/mol. The summed E-state index contributed by atoms with van der Waals surface area (Å²) in [6.07, 6.45) is -0.889. The minimum Gasteiger partial charge on any atom is -0.389 e. The molecule has 0 aliphatic heterocycles. The van der Waals surface area contributed by atoms with Crippen molar-refractivity contribution in [3.63, 3.8) is 0 Å². The second kappa shape index (κ2) is 4.38. The molecule has 0 bridgehead atoms. The molecule has 1 rings (SSSR count). The summed E-state index contributed by atoms with van der Waals surface area (Å²) in [4.78, 5) is 0. The summed E-state index contributed by atoms with van der Waals surface area (Å²) in [7, 11) is 0. The van der Waals surface area contributed by atoms with E-state index in [1.165, 1.54) is 6.92 Å². The van der Waals surface area contributed by atoms with Crippen LogP contribution in [-0.2, 0) is 6.42 Å². The molecule has 13 heavy (non-hydrogen) atoms. The second-order valence-corrected chi connectivity index (χ2v) is 3.41. The van der Waals surface area contributed by atoms with E-state index in [1.54, 1.807) is 6.92 Å². The van der Waals surface area contributed by atoms with Crippen LogP contribution >= 0.6 is 0 Å².